The molecular formula is C23H17ClF2N2O4S. The van der Waals surface area contributed by atoms with Gasteiger partial charge in [-0.3, -0.25) is 10.1 Å². The maximum Gasteiger partial charge on any atom is 0.387 e. The van der Waals surface area contributed by atoms with Crippen LogP contribution in [0.2, 0.25) is 5.02 Å². The van der Waals surface area contributed by atoms with E-state index in [1.165, 1.54) is 23.5 Å². The molecule has 2 heterocycles. The van der Waals surface area contributed by atoms with Gasteiger partial charge in [0.25, 0.3) is 5.91 Å². The monoisotopic (exact) mass is 490 g/mol. The Bertz CT molecular complexity index is 1260. The molecule has 10 heteroatoms. The van der Waals surface area contributed by atoms with Crippen molar-refractivity contribution < 1.29 is 27.5 Å². The van der Waals surface area contributed by atoms with Gasteiger partial charge in [0.15, 0.2) is 10.9 Å². The number of nitrogens with one attached hydrogen (secondary N) is 1. The lowest BCUT2D eigenvalue weighted by Crippen LogP contribution is -2.10. The number of nitrogens with zero attached hydrogens (tertiary/aromatic N) is 1. The van der Waals surface area contributed by atoms with Gasteiger partial charge in [0, 0.05) is 16.0 Å². The van der Waals surface area contributed by atoms with Crippen LogP contribution in [-0.4, -0.2) is 17.5 Å². The van der Waals surface area contributed by atoms with E-state index in [0.717, 1.165) is 5.56 Å². The van der Waals surface area contributed by atoms with Crippen molar-refractivity contribution in [3.05, 3.63) is 82.1 Å². The average Bonchev–Trinajstić information content (AvgIpc) is 3.45. The first-order valence-corrected chi connectivity index (χ1v) is 10.9. The third-order valence-electron chi connectivity index (χ3n) is 4.50. The fraction of sp³-hybridized carbons (Fsp3) is 0.130. The van der Waals surface area contributed by atoms with Gasteiger partial charge >= 0.3 is 6.61 Å². The van der Waals surface area contributed by atoms with Crippen LogP contribution >= 0.6 is 22.9 Å². The molecule has 0 saturated carbocycles. The number of halogens is 3. The van der Waals surface area contributed by atoms with Gasteiger partial charge in [-0.05, 0) is 67.1 Å². The van der Waals surface area contributed by atoms with Crippen LogP contribution in [0.4, 0.5) is 13.9 Å². The largest absolute Gasteiger partial charge is 0.486 e. The molecule has 0 bridgehead atoms. The highest BCUT2D eigenvalue weighted by Gasteiger charge is 2.15. The van der Waals surface area contributed by atoms with Crippen molar-refractivity contribution in [3.63, 3.8) is 0 Å². The maximum atomic E-state index is 12.5. The lowest BCUT2D eigenvalue weighted by molar-refractivity contribution is -0.0498. The molecule has 0 spiro atoms. The second-order valence-electron chi connectivity index (χ2n) is 6.86. The predicted octanol–water partition coefficient (Wildman–Crippen LogP) is 6.80. The van der Waals surface area contributed by atoms with Gasteiger partial charge < -0.3 is 13.9 Å². The van der Waals surface area contributed by atoms with Gasteiger partial charge in [-0.2, -0.15) is 8.78 Å². The Hall–Kier alpha value is -3.43. The van der Waals surface area contributed by atoms with Crippen molar-refractivity contribution in [3.8, 4) is 22.8 Å². The number of carbonyl (C=O) groups excluding carboxylic acids is 1. The number of hydrogen-bond acceptors (Lipinski definition) is 6. The number of furan rings is 1. The number of ether oxygens (including phenoxy) is 2. The minimum Gasteiger partial charge on any atom is -0.486 e. The number of anilines is 1. The van der Waals surface area contributed by atoms with E-state index in [9.17, 15) is 13.6 Å². The molecule has 0 aliphatic rings. The molecule has 170 valence electrons. The van der Waals surface area contributed by atoms with Crippen LogP contribution in [0.15, 0.2) is 64.4 Å². The Labute approximate surface area is 196 Å². The highest BCUT2D eigenvalue weighted by atomic mass is 35.5. The maximum absolute atomic E-state index is 12.5. The fourth-order valence-corrected chi connectivity index (χ4v) is 3.70. The third-order valence-corrected chi connectivity index (χ3v) is 5.68. The molecule has 2 aromatic heterocycles. The molecule has 0 unspecified atom stereocenters. The molecule has 6 nitrogen and oxygen atoms in total. The topological polar surface area (TPSA) is 73.6 Å². The SMILES string of the molecule is Cc1cc(OCc2ccc(C(=O)Nc3nc(-c4ccc(OC(F)F)cc4)cs3)o2)ccc1Cl. The van der Waals surface area contributed by atoms with Gasteiger partial charge in [-0.15, -0.1) is 11.3 Å². The van der Waals surface area contributed by atoms with Crippen molar-refractivity contribution >= 4 is 34.0 Å². The van der Waals surface area contributed by atoms with E-state index in [2.05, 4.69) is 15.0 Å². The van der Waals surface area contributed by atoms with Gasteiger partial charge in [0.1, 0.15) is 23.9 Å². The number of thiazole rings is 1. The Morgan fingerprint density at radius 1 is 1.15 bits per heavy atom. The van der Waals surface area contributed by atoms with Crippen molar-refractivity contribution in [1.82, 2.24) is 4.98 Å². The number of aromatic nitrogens is 1. The van der Waals surface area contributed by atoms with Crippen molar-refractivity contribution in [2.24, 2.45) is 0 Å². The zero-order valence-corrected chi connectivity index (χ0v) is 18.8. The summed E-state index contributed by atoms with van der Waals surface area (Å²) in [5, 5.41) is 5.45. The second-order valence-corrected chi connectivity index (χ2v) is 8.13. The Kier molecular flexibility index (Phi) is 6.90. The van der Waals surface area contributed by atoms with Crippen molar-refractivity contribution in [1.29, 1.82) is 0 Å². The summed E-state index contributed by atoms with van der Waals surface area (Å²) in [6.07, 6.45) is 0. The molecule has 4 rings (SSSR count). The molecule has 1 amide bonds. The van der Waals surface area contributed by atoms with Crippen LogP contribution < -0.4 is 14.8 Å². The van der Waals surface area contributed by atoms with E-state index in [4.69, 9.17) is 20.8 Å². The molecule has 0 aliphatic carbocycles. The summed E-state index contributed by atoms with van der Waals surface area (Å²) in [6.45, 7) is -0.848. The smallest absolute Gasteiger partial charge is 0.387 e. The average molecular weight is 491 g/mol. The number of rotatable bonds is 8. The fourth-order valence-electron chi connectivity index (χ4n) is 2.87. The number of alkyl halides is 2. The molecule has 33 heavy (non-hydrogen) atoms. The van der Waals surface area contributed by atoms with E-state index in [1.54, 1.807) is 41.8 Å². The number of aryl methyl sites for hydroxylation is 1. The van der Waals surface area contributed by atoms with Gasteiger partial charge in [0.05, 0.1) is 5.69 Å². The summed E-state index contributed by atoms with van der Waals surface area (Å²) >= 11 is 7.24. The summed E-state index contributed by atoms with van der Waals surface area (Å²) in [5.41, 5.74) is 2.18. The molecule has 0 saturated heterocycles. The third kappa shape index (κ3) is 5.88. The zero-order valence-electron chi connectivity index (χ0n) is 17.2. The first kappa shape index (κ1) is 22.8. The predicted molar refractivity (Wildman–Crippen MR) is 121 cm³/mol. The van der Waals surface area contributed by atoms with Gasteiger partial charge in [-0.1, -0.05) is 11.6 Å². The van der Waals surface area contributed by atoms with Gasteiger partial charge in [0.2, 0.25) is 0 Å². The summed E-state index contributed by atoms with van der Waals surface area (Å²) in [5.74, 6) is 0.847. The molecule has 4 aromatic rings. The first-order chi connectivity index (χ1) is 15.9. The van der Waals surface area contributed by atoms with E-state index < -0.39 is 12.5 Å². The zero-order chi connectivity index (χ0) is 23.4. The molecule has 1 N–H and O–H groups in total. The quantitative estimate of drug-likeness (QED) is 0.294. The van der Waals surface area contributed by atoms with Crippen molar-refractivity contribution in [2.45, 2.75) is 20.1 Å². The summed E-state index contributed by atoms with van der Waals surface area (Å²) in [6, 6.07) is 14.6. The Morgan fingerprint density at radius 2 is 1.91 bits per heavy atom. The number of benzene rings is 2. The Morgan fingerprint density at radius 3 is 2.64 bits per heavy atom. The summed E-state index contributed by atoms with van der Waals surface area (Å²) in [4.78, 5) is 16.9. The lowest BCUT2D eigenvalue weighted by Gasteiger charge is -2.06. The molecule has 0 fully saturated rings. The van der Waals surface area contributed by atoms with Crippen LogP contribution in [0.3, 0.4) is 0 Å². The lowest BCUT2D eigenvalue weighted by atomic mass is 10.2. The number of carbonyl (C=O) groups is 1. The highest BCUT2D eigenvalue weighted by molar-refractivity contribution is 7.14. The van der Waals surface area contributed by atoms with Crippen molar-refractivity contribution in [2.75, 3.05) is 5.32 Å². The van der Waals surface area contributed by atoms with E-state index in [1.807, 2.05) is 13.0 Å². The minimum absolute atomic E-state index is 0.0568. The van der Waals surface area contributed by atoms with Crippen LogP contribution in [0.25, 0.3) is 11.3 Å². The molecular weight excluding hydrogens is 474 g/mol. The van der Waals surface area contributed by atoms with Crippen LogP contribution in [0.1, 0.15) is 21.9 Å². The number of amides is 1. The van der Waals surface area contributed by atoms with Crippen LogP contribution in [0, 0.1) is 6.92 Å². The Balaban J connectivity index is 1.35. The minimum atomic E-state index is -2.88. The normalized spacial score (nSPS) is 10.9. The van der Waals surface area contributed by atoms with Crippen LogP contribution in [-0.2, 0) is 6.61 Å². The first-order valence-electron chi connectivity index (χ1n) is 9.67. The number of hydrogen-bond donors (Lipinski definition) is 1. The van der Waals surface area contributed by atoms with Gasteiger partial charge in [-0.25, -0.2) is 4.98 Å². The highest BCUT2D eigenvalue weighted by Crippen LogP contribution is 2.27. The molecule has 0 radical (unpaired) electrons. The van der Waals surface area contributed by atoms with E-state index in [0.29, 0.717) is 32.9 Å². The molecule has 0 aliphatic heterocycles. The van der Waals surface area contributed by atoms with E-state index >= 15 is 0 Å². The summed E-state index contributed by atoms with van der Waals surface area (Å²) < 4.78 is 40.1. The summed E-state index contributed by atoms with van der Waals surface area (Å²) in [7, 11) is 0. The van der Waals surface area contributed by atoms with Crippen LogP contribution in [0.5, 0.6) is 11.5 Å². The van der Waals surface area contributed by atoms with E-state index in [-0.39, 0.29) is 18.1 Å². The second kappa shape index (κ2) is 10.0. The molecule has 2 aromatic carbocycles. The molecule has 0 atom stereocenters. The standard InChI is InChI=1S/C23H17ClF2N2O4S/c1-13-10-16(6-8-18(13)24)30-11-17-7-9-20(31-17)21(29)28-23-27-19(12-33-23)14-2-4-15(5-3-14)32-22(25)26/h2-10,12,22H,11H2,1H3,(H,27,28,29).